The summed E-state index contributed by atoms with van der Waals surface area (Å²) in [7, 11) is 0. The second-order valence-corrected chi connectivity index (χ2v) is 6.97. The van der Waals surface area contributed by atoms with Crippen LogP contribution in [-0.2, 0) is 0 Å². The first-order valence-corrected chi connectivity index (χ1v) is 8.16. The fraction of sp³-hybridized carbons (Fsp3) is 0.667. The predicted octanol–water partition coefficient (Wildman–Crippen LogP) is 4.74. The lowest BCUT2D eigenvalue weighted by Gasteiger charge is -2.41. The summed E-state index contributed by atoms with van der Waals surface area (Å²) in [5, 5.41) is 0. The van der Waals surface area contributed by atoms with Gasteiger partial charge in [0.15, 0.2) is 0 Å². The summed E-state index contributed by atoms with van der Waals surface area (Å²) in [4.78, 5) is 0. The van der Waals surface area contributed by atoms with Gasteiger partial charge in [0, 0.05) is 6.04 Å². The number of halogens is 1. The molecule has 0 radical (unpaired) electrons. The minimum Gasteiger partial charge on any atom is -0.324 e. The van der Waals surface area contributed by atoms with Crippen molar-refractivity contribution in [2.24, 2.45) is 23.5 Å². The molecule has 1 nitrogen and oxygen atoms in total. The van der Waals surface area contributed by atoms with Crippen LogP contribution in [0.2, 0.25) is 0 Å². The van der Waals surface area contributed by atoms with Crippen LogP contribution in [0.15, 0.2) is 18.2 Å². The van der Waals surface area contributed by atoms with Crippen molar-refractivity contribution in [3.05, 3.63) is 35.1 Å². The van der Waals surface area contributed by atoms with E-state index in [1.54, 1.807) is 12.1 Å². The highest BCUT2D eigenvalue weighted by molar-refractivity contribution is 5.26. The summed E-state index contributed by atoms with van der Waals surface area (Å²) in [6.45, 7) is 1.94. The molecular weight excluding hydrogens is 249 g/mol. The van der Waals surface area contributed by atoms with E-state index in [0.717, 1.165) is 23.0 Å². The smallest absolute Gasteiger partial charge is 0.123 e. The molecule has 0 heterocycles. The molecule has 3 rings (SSSR count). The number of aryl methyl sites for hydroxylation is 1. The van der Waals surface area contributed by atoms with Crippen LogP contribution >= 0.6 is 0 Å². The van der Waals surface area contributed by atoms with E-state index >= 15 is 0 Å². The number of hydrogen-bond acceptors (Lipinski definition) is 1. The molecule has 1 aromatic carbocycles. The molecule has 2 fully saturated rings. The van der Waals surface area contributed by atoms with Crippen molar-refractivity contribution in [1.29, 1.82) is 0 Å². The maximum absolute atomic E-state index is 13.6. The van der Waals surface area contributed by atoms with Crippen LogP contribution in [0, 0.1) is 30.5 Å². The van der Waals surface area contributed by atoms with E-state index in [1.807, 2.05) is 6.92 Å². The highest BCUT2D eigenvalue weighted by atomic mass is 19.1. The molecular formula is C18H26FN. The summed E-state index contributed by atoms with van der Waals surface area (Å²) in [6, 6.07) is 5.27. The fourth-order valence-electron chi connectivity index (χ4n) is 4.47. The lowest BCUT2D eigenvalue weighted by Crippen LogP contribution is -2.33. The van der Waals surface area contributed by atoms with E-state index in [-0.39, 0.29) is 11.9 Å². The molecule has 0 aromatic heterocycles. The summed E-state index contributed by atoms with van der Waals surface area (Å²) < 4.78 is 13.6. The average Bonchev–Trinajstić information content (AvgIpc) is 2.45. The third kappa shape index (κ3) is 2.90. The van der Waals surface area contributed by atoms with Gasteiger partial charge >= 0.3 is 0 Å². The molecule has 4 unspecified atom stereocenters. The van der Waals surface area contributed by atoms with Crippen molar-refractivity contribution in [2.45, 2.75) is 57.9 Å². The number of benzene rings is 1. The SMILES string of the molecule is Cc1cc(F)cc(C(N)C2CCC3CCCCC3C2)c1. The van der Waals surface area contributed by atoms with E-state index in [0.29, 0.717) is 5.92 Å². The lowest BCUT2D eigenvalue weighted by molar-refractivity contribution is 0.117. The van der Waals surface area contributed by atoms with Gasteiger partial charge in [-0.05, 0) is 67.2 Å². The van der Waals surface area contributed by atoms with Gasteiger partial charge in [0.1, 0.15) is 5.82 Å². The largest absolute Gasteiger partial charge is 0.324 e. The Morgan fingerprint density at radius 2 is 1.80 bits per heavy atom. The molecule has 0 bridgehead atoms. The molecule has 1 aromatic rings. The molecule has 0 spiro atoms. The molecule has 4 atom stereocenters. The molecule has 2 aliphatic carbocycles. The van der Waals surface area contributed by atoms with Crippen LogP contribution in [-0.4, -0.2) is 0 Å². The van der Waals surface area contributed by atoms with Gasteiger partial charge in [-0.15, -0.1) is 0 Å². The third-order valence-electron chi connectivity index (χ3n) is 5.54. The van der Waals surface area contributed by atoms with Gasteiger partial charge in [0.25, 0.3) is 0 Å². The van der Waals surface area contributed by atoms with Gasteiger partial charge in [0.05, 0.1) is 0 Å². The topological polar surface area (TPSA) is 26.0 Å². The van der Waals surface area contributed by atoms with Crippen molar-refractivity contribution in [3.63, 3.8) is 0 Å². The van der Waals surface area contributed by atoms with Gasteiger partial charge in [-0.2, -0.15) is 0 Å². The highest BCUT2D eigenvalue weighted by Gasteiger charge is 2.34. The molecule has 0 amide bonds. The fourth-order valence-corrected chi connectivity index (χ4v) is 4.47. The van der Waals surface area contributed by atoms with Crippen molar-refractivity contribution in [1.82, 2.24) is 0 Å². The van der Waals surface area contributed by atoms with Crippen molar-refractivity contribution < 1.29 is 4.39 Å². The average molecular weight is 275 g/mol. The third-order valence-corrected chi connectivity index (χ3v) is 5.54. The molecule has 2 N–H and O–H groups in total. The first kappa shape index (κ1) is 14.1. The molecule has 0 aliphatic heterocycles. The van der Waals surface area contributed by atoms with Gasteiger partial charge in [-0.25, -0.2) is 4.39 Å². The highest BCUT2D eigenvalue weighted by Crippen LogP contribution is 2.45. The standard InChI is InChI=1S/C18H26FN/c1-12-8-16(11-17(19)9-12)18(20)15-7-6-13-4-2-3-5-14(13)10-15/h8-9,11,13-15,18H,2-7,10,20H2,1H3. The Hall–Kier alpha value is -0.890. The summed E-state index contributed by atoms with van der Waals surface area (Å²) in [5.41, 5.74) is 8.42. The number of rotatable bonds is 2. The predicted molar refractivity (Wildman–Crippen MR) is 80.9 cm³/mol. The summed E-state index contributed by atoms with van der Waals surface area (Å²) >= 11 is 0. The molecule has 0 saturated heterocycles. The molecule has 2 saturated carbocycles. The van der Waals surface area contributed by atoms with Gasteiger partial charge in [-0.1, -0.05) is 31.7 Å². The van der Waals surface area contributed by atoms with Crippen LogP contribution in [0.4, 0.5) is 4.39 Å². The van der Waals surface area contributed by atoms with Crippen molar-refractivity contribution >= 4 is 0 Å². The minimum atomic E-state index is -0.151. The Labute approximate surface area is 121 Å². The van der Waals surface area contributed by atoms with Gasteiger partial charge in [0.2, 0.25) is 0 Å². The van der Waals surface area contributed by atoms with Crippen LogP contribution < -0.4 is 5.73 Å². The first-order chi connectivity index (χ1) is 9.63. The number of hydrogen-bond donors (Lipinski definition) is 1. The van der Waals surface area contributed by atoms with E-state index in [2.05, 4.69) is 6.07 Å². The Kier molecular flexibility index (Phi) is 4.11. The second kappa shape index (κ2) is 5.85. The van der Waals surface area contributed by atoms with E-state index < -0.39 is 0 Å². The second-order valence-electron chi connectivity index (χ2n) is 6.97. The molecule has 20 heavy (non-hydrogen) atoms. The zero-order valence-electron chi connectivity index (χ0n) is 12.4. The summed E-state index contributed by atoms with van der Waals surface area (Å²) in [6.07, 6.45) is 9.42. The molecule has 110 valence electrons. The number of fused-ring (bicyclic) bond motifs is 1. The Bertz CT molecular complexity index is 450. The zero-order valence-corrected chi connectivity index (χ0v) is 12.4. The first-order valence-electron chi connectivity index (χ1n) is 8.16. The Balaban J connectivity index is 1.72. The van der Waals surface area contributed by atoms with E-state index in [1.165, 1.54) is 44.9 Å². The van der Waals surface area contributed by atoms with Crippen LogP contribution in [0.25, 0.3) is 0 Å². The van der Waals surface area contributed by atoms with Crippen molar-refractivity contribution in [3.8, 4) is 0 Å². The Morgan fingerprint density at radius 3 is 2.55 bits per heavy atom. The zero-order chi connectivity index (χ0) is 14.1. The Morgan fingerprint density at radius 1 is 1.05 bits per heavy atom. The number of nitrogens with two attached hydrogens (primary N) is 1. The van der Waals surface area contributed by atoms with E-state index in [4.69, 9.17) is 5.73 Å². The summed E-state index contributed by atoms with van der Waals surface area (Å²) in [5.74, 6) is 2.21. The normalized spacial score (nSPS) is 31.6. The maximum atomic E-state index is 13.6. The van der Waals surface area contributed by atoms with Crippen LogP contribution in [0.1, 0.15) is 62.1 Å². The van der Waals surface area contributed by atoms with Crippen LogP contribution in [0.5, 0.6) is 0 Å². The quantitative estimate of drug-likeness (QED) is 0.829. The molecule has 2 heteroatoms. The monoisotopic (exact) mass is 275 g/mol. The van der Waals surface area contributed by atoms with Crippen molar-refractivity contribution in [2.75, 3.05) is 0 Å². The van der Waals surface area contributed by atoms with Gasteiger partial charge in [-0.3, -0.25) is 0 Å². The molecule has 2 aliphatic rings. The van der Waals surface area contributed by atoms with E-state index in [9.17, 15) is 4.39 Å². The lowest BCUT2D eigenvalue weighted by atomic mass is 9.65. The van der Waals surface area contributed by atoms with Gasteiger partial charge < -0.3 is 5.73 Å². The maximum Gasteiger partial charge on any atom is 0.123 e. The van der Waals surface area contributed by atoms with Crippen LogP contribution in [0.3, 0.4) is 0 Å². The minimum absolute atomic E-state index is 0.00674.